The van der Waals surface area contributed by atoms with Gasteiger partial charge < -0.3 is 4.57 Å². The first kappa shape index (κ1) is 17.1. The Morgan fingerprint density at radius 3 is 2.46 bits per heavy atom. The zero-order valence-electron chi connectivity index (χ0n) is 13.7. The third kappa shape index (κ3) is 4.19. The number of aromatic nitrogens is 3. The summed E-state index contributed by atoms with van der Waals surface area (Å²) >= 11 is 7.74. The Balaban J connectivity index is 1.63. The van der Waals surface area contributed by atoms with Crippen molar-refractivity contribution in [3.05, 3.63) is 65.2 Å². The first-order valence-electron chi connectivity index (χ1n) is 8.14. The van der Waals surface area contributed by atoms with Crippen molar-refractivity contribution >= 4 is 23.4 Å². The summed E-state index contributed by atoms with van der Waals surface area (Å²) in [5.74, 6) is 1.94. The molecular weight excluding hydrogens is 338 g/mol. The predicted molar refractivity (Wildman–Crippen MR) is 102 cm³/mol. The number of thioether (sulfide) groups is 1. The van der Waals surface area contributed by atoms with Crippen LogP contribution >= 0.6 is 23.4 Å². The minimum atomic E-state index is 0.733. The second-order valence-electron chi connectivity index (χ2n) is 5.49. The molecule has 0 spiro atoms. The first-order valence-corrected chi connectivity index (χ1v) is 9.50. The molecule has 0 N–H and O–H groups in total. The molecule has 0 saturated carbocycles. The molecule has 0 fully saturated rings. The van der Waals surface area contributed by atoms with Gasteiger partial charge in [-0.15, -0.1) is 10.2 Å². The van der Waals surface area contributed by atoms with Gasteiger partial charge in [-0.2, -0.15) is 0 Å². The lowest BCUT2D eigenvalue weighted by molar-refractivity contribution is 0.686. The lowest BCUT2D eigenvalue weighted by Gasteiger charge is -2.07. The average molecular weight is 358 g/mol. The molecule has 1 aromatic heterocycles. The van der Waals surface area contributed by atoms with E-state index in [0.29, 0.717) is 0 Å². The molecule has 0 aliphatic heterocycles. The van der Waals surface area contributed by atoms with E-state index < -0.39 is 0 Å². The standard InChI is InChI=1S/C19H20ClN3S/c1-2-23-18(16-10-12-17(20)13-11-16)21-22-19(23)24-14-6-9-15-7-4-3-5-8-15/h3-5,7-8,10-13H,2,6,9,14H2,1H3. The lowest BCUT2D eigenvalue weighted by Crippen LogP contribution is -2.00. The van der Waals surface area contributed by atoms with Crippen molar-refractivity contribution in [1.82, 2.24) is 14.8 Å². The Hall–Kier alpha value is -1.78. The first-order chi connectivity index (χ1) is 11.8. The van der Waals surface area contributed by atoms with E-state index in [1.807, 2.05) is 24.3 Å². The molecule has 24 heavy (non-hydrogen) atoms. The van der Waals surface area contributed by atoms with E-state index >= 15 is 0 Å². The van der Waals surface area contributed by atoms with Gasteiger partial charge in [0, 0.05) is 22.9 Å². The third-order valence-corrected chi connectivity index (χ3v) is 5.12. The van der Waals surface area contributed by atoms with Crippen molar-refractivity contribution in [3.8, 4) is 11.4 Å². The topological polar surface area (TPSA) is 30.7 Å². The molecule has 0 radical (unpaired) electrons. The molecule has 3 rings (SSSR count). The van der Waals surface area contributed by atoms with Crippen LogP contribution in [0.5, 0.6) is 0 Å². The van der Waals surface area contributed by atoms with Gasteiger partial charge in [-0.3, -0.25) is 0 Å². The third-order valence-electron chi connectivity index (χ3n) is 3.82. The molecule has 2 aromatic carbocycles. The monoisotopic (exact) mass is 357 g/mol. The van der Waals surface area contributed by atoms with Gasteiger partial charge in [0.25, 0.3) is 0 Å². The highest BCUT2D eigenvalue weighted by Gasteiger charge is 2.12. The molecule has 0 aliphatic carbocycles. The van der Waals surface area contributed by atoms with E-state index in [1.54, 1.807) is 11.8 Å². The Bertz CT molecular complexity index is 769. The average Bonchev–Trinajstić information content (AvgIpc) is 3.03. The molecule has 0 atom stereocenters. The minimum absolute atomic E-state index is 0.733. The molecular formula is C19H20ClN3S. The fourth-order valence-electron chi connectivity index (χ4n) is 2.58. The van der Waals surface area contributed by atoms with Crippen molar-refractivity contribution in [3.63, 3.8) is 0 Å². The highest BCUT2D eigenvalue weighted by atomic mass is 35.5. The SMILES string of the molecule is CCn1c(SCCCc2ccccc2)nnc1-c1ccc(Cl)cc1. The number of hydrogen-bond donors (Lipinski definition) is 0. The van der Waals surface area contributed by atoms with Crippen LogP contribution in [0.25, 0.3) is 11.4 Å². The summed E-state index contributed by atoms with van der Waals surface area (Å²) in [6.07, 6.45) is 2.22. The van der Waals surface area contributed by atoms with Gasteiger partial charge in [0.05, 0.1) is 0 Å². The summed E-state index contributed by atoms with van der Waals surface area (Å²) in [6, 6.07) is 18.3. The van der Waals surface area contributed by atoms with E-state index in [-0.39, 0.29) is 0 Å². The van der Waals surface area contributed by atoms with Gasteiger partial charge in [-0.25, -0.2) is 0 Å². The van der Waals surface area contributed by atoms with Crippen molar-refractivity contribution < 1.29 is 0 Å². The number of nitrogens with zero attached hydrogens (tertiary/aromatic N) is 3. The number of aryl methyl sites for hydroxylation is 1. The molecule has 0 unspecified atom stereocenters. The smallest absolute Gasteiger partial charge is 0.191 e. The highest BCUT2D eigenvalue weighted by molar-refractivity contribution is 7.99. The Morgan fingerprint density at radius 2 is 1.75 bits per heavy atom. The van der Waals surface area contributed by atoms with Crippen LogP contribution in [0.1, 0.15) is 18.9 Å². The zero-order valence-corrected chi connectivity index (χ0v) is 15.2. The number of benzene rings is 2. The number of hydrogen-bond acceptors (Lipinski definition) is 3. The zero-order chi connectivity index (χ0) is 16.8. The van der Waals surface area contributed by atoms with Gasteiger partial charge >= 0.3 is 0 Å². The lowest BCUT2D eigenvalue weighted by atomic mass is 10.1. The summed E-state index contributed by atoms with van der Waals surface area (Å²) in [7, 11) is 0. The van der Waals surface area contributed by atoms with Gasteiger partial charge in [0.15, 0.2) is 11.0 Å². The fourth-order valence-corrected chi connectivity index (χ4v) is 3.64. The van der Waals surface area contributed by atoms with E-state index in [9.17, 15) is 0 Å². The van der Waals surface area contributed by atoms with Crippen LogP contribution in [0.4, 0.5) is 0 Å². The Labute approximate surface area is 152 Å². The van der Waals surface area contributed by atoms with Crippen LogP contribution < -0.4 is 0 Å². The molecule has 3 aromatic rings. The summed E-state index contributed by atoms with van der Waals surface area (Å²) in [5, 5.41) is 10.5. The Kier molecular flexibility index (Phi) is 5.94. The number of rotatable bonds is 7. The van der Waals surface area contributed by atoms with E-state index in [0.717, 1.165) is 46.7 Å². The molecule has 0 amide bonds. The molecule has 0 aliphatic rings. The van der Waals surface area contributed by atoms with Gasteiger partial charge in [-0.1, -0.05) is 53.7 Å². The second kappa shape index (κ2) is 8.36. The van der Waals surface area contributed by atoms with E-state index in [1.165, 1.54) is 5.56 Å². The van der Waals surface area contributed by atoms with Crippen LogP contribution in [0.15, 0.2) is 59.8 Å². The maximum atomic E-state index is 5.97. The van der Waals surface area contributed by atoms with Crippen LogP contribution in [-0.2, 0) is 13.0 Å². The van der Waals surface area contributed by atoms with Gasteiger partial charge in [0.1, 0.15) is 0 Å². The molecule has 1 heterocycles. The van der Waals surface area contributed by atoms with Crippen molar-refractivity contribution in [2.24, 2.45) is 0 Å². The van der Waals surface area contributed by atoms with Crippen molar-refractivity contribution in [2.75, 3.05) is 5.75 Å². The van der Waals surface area contributed by atoms with Crippen molar-refractivity contribution in [1.29, 1.82) is 0 Å². The summed E-state index contributed by atoms with van der Waals surface area (Å²) < 4.78 is 2.16. The molecule has 5 heteroatoms. The number of halogens is 1. The Morgan fingerprint density at radius 1 is 1.00 bits per heavy atom. The predicted octanol–water partition coefficient (Wildman–Crippen LogP) is 5.34. The minimum Gasteiger partial charge on any atom is -0.302 e. The summed E-state index contributed by atoms with van der Waals surface area (Å²) in [4.78, 5) is 0. The quantitative estimate of drug-likeness (QED) is 0.422. The van der Waals surface area contributed by atoms with Crippen LogP contribution in [0, 0.1) is 0 Å². The molecule has 3 nitrogen and oxygen atoms in total. The molecule has 0 saturated heterocycles. The van der Waals surface area contributed by atoms with E-state index in [2.05, 4.69) is 52.0 Å². The second-order valence-corrected chi connectivity index (χ2v) is 6.99. The van der Waals surface area contributed by atoms with Crippen molar-refractivity contribution in [2.45, 2.75) is 31.5 Å². The van der Waals surface area contributed by atoms with Gasteiger partial charge in [-0.05, 0) is 49.6 Å². The van der Waals surface area contributed by atoms with Gasteiger partial charge in [0.2, 0.25) is 0 Å². The van der Waals surface area contributed by atoms with E-state index in [4.69, 9.17) is 11.6 Å². The molecule has 0 bridgehead atoms. The summed E-state index contributed by atoms with van der Waals surface area (Å²) in [5.41, 5.74) is 2.43. The van der Waals surface area contributed by atoms with Crippen LogP contribution in [0.2, 0.25) is 5.02 Å². The normalized spacial score (nSPS) is 10.9. The summed E-state index contributed by atoms with van der Waals surface area (Å²) in [6.45, 7) is 2.97. The maximum absolute atomic E-state index is 5.97. The highest BCUT2D eigenvalue weighted by Crippen LogP contribution is 2.25. The maximum Gasteiger partial charge on any atom is 0.191 e. The van der Waals surface area contributed by atoms with Crippen LogP contribution in [-0.4, -0.2) is 20.5 Å². The van der Waals surface area contributed by atoms with Crippen LogP contribution in [0.3, 0.4) is 0 Å². The molecule has 124 valence electrons. The largest absolute Gasteiger partial charge is 0.302 e. The fraction of sp³-hybridized carbons (Fsp3) is 0.263.